The van der Waals surface area contributed by atoms with Crippen molar-refractivity contribution in [2.24, 2.45) is 5.92 Å². The van der Waals surface area contributed by atoms with Crippen LogP contribution in [0.3, 0.4) is 0 Å². The van der Waals surface area contributed by atoms with Crippen molar-refractivity contribution < 1.29 is 14.3 Å². The molecule has 0 N–H and O–H groups in total. The number of benzene rings is 1. The third-order valence-electron chi connectivity index (χ3n) is 2.27. The molecule has 18 heavy (non-hydrogen) atoms. The van der Waals surface area contributed by atoms with Crippen molar-refractivity contribution in [1.82, 2.24) is 0 Å². The molecule has 1 rings (SSSR count). The van der Waals surface area contributed by atoms with E-state index >= 15 is 0 Å². The van der Waals surface area contributed by atoms with Crippen LogP contribution >= 0.6 is 0 Å². The van der Waals surface area contributed by atoms with Gasteiger partial charge in [-0.1, -0.05) is 21.3 Å². The van der Waals surface area contributed by atoms with Gasteiger partial charge < -0.3 is 9.53 Å². The summed E-state index contributed by atoms with van der Waals surface area (Å²) in [6.45, 7) is 4.42. The summed E-state index contributed by atoms with van der Waals surface area (Å²) >= 11 is 0. The van der Waals surface area contributed by atoms with E-state index in [1.165, 1.54) is 0 Å². The molecule has 0 saturated carbocycles. The molecule has 0 aliphatic rings. The van der Waals surface area contributed by atoms with Crippen LogP contribution in [0.4, 0.5) is 0 Å². The first-order valence-electron chi connectivity index (χ1n) is 5.83. The van der Waals surface area contributed by atoms with Crippen LogP contribution in [0.5, 0.6) is 5.75 Å². The first-order chi connectivity index (χ1) is 8.13. The van der Waals surface area contributed by atoms with Crippen LogP contribution in [0.25, 0.3) is 0 Å². The Labute approximate surface area is 109 Å². The van der Waals surface area contributed by atoms with Gasteiger partial charge in [-0.3, -0.25) is 4.79 Å². The monoisotopic (exact) mass is 250 g/mol. The lowest BCUT2D eigenvalue weighted by Gasteiger charge is -2.06. The molecule has 0 amide bonds. The zero-order chi connectivity index (χ0) is 12.7. The molecule has 100 valence electrons. The van der Waals surface area contributed by atoms with E-state index < -0.39 is 0 Å². The third kappa shape index (κ3) is 5.62. The molecule has 1 aromatic rings. The molecule has 3 nitrogen and oxygen atoms in total. The fourth-order valence-electron chi connectivity index (χ4n) is 1.45. The zero-order valence-electron chi connectivity index (χ0n) is 10.3. The minimum absolute atomic E-state index is 0. The van der Waals surface area contributed by atoms with Gasteiger partial charge in [0.1, 0.15) is 12.0 Å². The Balaban J connectivity index is 0.00000289. The lowest BCUT2D eigenvalue weighted by atomic mass is 10.0. The van der Waals surface area contributed by atoms with Gasteiger partial charge in [-0.05, 0) is 30.2 Å². The summed E-state index contributed by atoms with van der Waals surface area (Å²) in [4.78, 5) is 21.9. The Morgan fingerprint density at radius 3 is 2.39 bits per heavy atom. The predicted molar refractivity (Wildman–Crippen MR) is 73.1 cm³/mol. The summed E-state index contributed by atoms with van der Waals surface area (Å²) in [6.07, 6.45) is 1.76. The van der Waals surface area contributed by atoms with E-state index in [9.17, 15) is 9.59 Å². The highest BCUT2D eigenvalue weighted by molar-refractivity contribution is 5.96. The predicted octanol–water partition coefficient (Wildman–Crippen LogP) is 3.52. The number of hydrogen-bond donors (Lipinski definition) is 0. The molecule has 0 radical (unpaired) electrons. The maximum atomic E-state index is 11.7. The van der Waals surface area contributed by atoms with E-state index in [2.05, 4.69) is 0 Å². The van der Waals surface area contributed by atoms with Crippen LogP contribution in [-0.4, -0.2) is 18.7 Å². The Kier molecular flexibility index (Phi) is 7.68. The van der Waals surface area contributed by atoms with Gasteiger partial charge in [0.25, 0.3) is 0 Å². The Bertz CT molecular complexity index is 366. The molecule has 0 fully saturated rings. The van der Waals surface area contributed by atoms with Gasteiger partial charge in [0, 0.05) is 18.4 Å². The average molecular weight is 250 g/mol. The summed E-state index contributed by atoms with van der Waals surface area (Å²) < 4.78 is 5.32. The number of aldehydes is 1. The largest absolute Gasteiger partial charge is 0.493 e. The Morgan fingerprint density at radius 2 is 1.89 bits per heavy atom. The minimum atomic E-state index is 0. The molecule has 0 saturated heterocycles. The number of hydrogen-bond acceptors (Lipinski definition) is 3. The molecule has 0 aliphatic heterocycles. The second-order valence-electron chi connectivity index (χ2n) is 4.35. The topological polar surface area (TPSA) is 43.4 Å². The van der Waals surface area contributed by atoms with Crippen LogP contribution in [0.1, 0.15) is 44.5 Å². The van der Waals surface area contributed by atoms with Gasteiger partial charge in [0.05, 0.1) is 6.61 Å². The van der Waals surface area contributed by atoms with Crippen molar-refractivity contribution in [3.63, 3.8) is 0 Å². The molecule has 0 aliphatic carbocycles. The molecule has 0 bridgehead atoms. The van der Waals surface area contributed by atoms with Crippen LogP contribution < -0.4 is 4.74 Å². The lowest BCUT2D eigenvalue weighted by molar-refractivity contribution is -0.108. The van der Waals surface area contributed by atoms with Crippen LogP contribution in [-0.2, 0) is 4.79 Å². The SMILES string of the molecule is C.CC(C)CC(=O)c1ccc(OCCC=O)cc1. The Morgan fingerprint density at radius 1 is 1.28 bits per heavy atom. The van der Waals surface area contributed by atoms with E-state index in [-0.39, 0.29) is 13.2 Å². The highest BCUT2D eigenvalue weighted by atomic mass is 16.5. The Hall–Kier alpha value is -1.64. The van der Waals surface area contributed by atoms with Gasteiger partial charge >= 0.3 is 0 Å². The highest BCUT2D eigenvalue weighted by Crippen LogP contribution is 2.15. The number of ketones is 1. The van der Waals surface area contributed by atoms with E-state index in [0.29, 0.717) is 36.7 Å². The maximum Gasteiger partial charge on any atom is 0.163 e. The summed E-state index contributed by atoms with van der Waals surface area (Å²) in [5, 5.41) is 0. The molecular weight excluding hydrogens is 228 g/mol. The van der Waals surface area contributed by atoms with Crippen molar-refractivity contribution in [3.8, 4) is 5.75 Å². The fourth-order valence-corrected chi connectivity index (χ4v) is 1.45. The number of rotatable bonds is 7. The second-order valence-corrected chi connectivity index (χ2v) is 4.35. The maximum absolute atomic E-state index is 11.7. The third-order valence-corrected chi connectivity index (χ3v) is 2.27. The molecule has 1 aromatic carbocycles. The van der Waals surface area contributed by atoms with Crippen molar-refractivity contribution in [2.75, 3.05) is 6.61 Å². The van der Waals surface area contributed by atoms with Gasteiger partial charge in [0.15, 0.2) is 5.78 Å². The summed E-state index contributed by atoms with van der Waals surface area (Å²) in [7, 11) is 0. The summed E-state index contributed by atoms with van der Waals surface area (Å²) in [6, 6.07) is 7.05. The standard InChI is InChI=1S/C14H18O3.CH4/c1-11(2)10-14(16)12-4-6-13(7-5-12)17-9-3-8-15;/h4-8,11H,3,9-10H2,1-2H3;1H4. The van der Waals surface area contributed by atoms with Crippen LogP contribution in [0.2, 0.25) is 0 Å². The molecule has 0 aromatic heterocycles. The second kappa shape index (κ2) is 8.45. The highest BCUT2D eigenvalue weighted by Gasteiger charge is 2.07. The van der Waals surface area contributed by atoms with E-state index in [4.69, 9.17) is 4.74 Å². The lowest BCUT2D eigenvalue weighted by Crippen LogP contribution is -2.03. The summed E-state index contributed by atoms with van der Waals surface area (Å²) in [5.74, 6) is 1.21. The first-order valence-corrected chi connectivity index (χ1v) is 5.83. The average Bonchev–Trinajstić information content (AvgIpc) is 2.29. The van der Waals surface area contributed by atoms with Crippen molar-refractivity contribution in [3.05, 3.63) is 29.8 Å². The smallest absolute Gasteiger partial charge is 0.163 e. The van der Waals surface area contributed by atoms with E-state index in [1.807, 2.05) is 13.8 Å². The summed E-state index contributed by atoms with van der Waals surface area (Å²) in [5.41, 5.74) is 0.710. The molecule has 3 heteroatoms. The number of Topliss-reactive ketones (excluding diaryl/α,β-unsaturated/α-hetero) is 1. The van der Waals surface area contributed by atoms with E-state index in [0.717, 1.165) is 6.29 Å². The fraction of sp³-hybridized carbons (Fsp3) is 0.467. The quantitative estimate of drug-likeness (QED) is 0.422. The normalized spacial score (nSPS) is 9.72. The molecule has 0 heterocycles. The van der Waals surface area contributed by atoms with Gasteiger partial charge in [-0.15, -0.1) is 0 Å². The zero-order valence-corrected chi connectivity index (χ0v) is 10.3. The van der Waals surface area contributed by atoms with E-state index in [1.54, 1.807) is 24.3 Å². The molecule has 0 spiro atoms. The van der Waals surface area contributed by atoms with Crippen molar-refractivity contribution in [1.29, 1.82) is 0 Å². The van der Waals surface area contributed by atoms with Crippen molar-refractivity contribution in [2.45, 2.75) is 34.1 Å². The minimum Gasteiger partial charge on any atom is -0.493 e. The van der Waals surface area contributed by atoms with Gasteiger partial charge in [-0.2, -0.15) is 0 Å². The molecule has 0 unspecified atom stereocenters. The molecule has 0 atom stereocenters. The van der Waals surface area contributed by atoms with Crippen LogP contribution in [0, 0.1) is 5.92 Å². The van der Waals surface area contributed by atoms with Gasteiger partial charge in [0.2, 0.25) is 0 Å². The van der Waals surface area contributed by atoms with Gasteiger partial charge in [-0.25, -0.2) is 0 Å². The number of carbonyl (C=O) groups is 2. The van der Waals surface area contributed by atoms with Crippen molar-refractivity contribution >= 4 is 12.1 Å². The number of ether oxygens (including phenoxy) is 1. The first kappa shape index (κ1) is 16.4. The van der Waals surface area contributed by atoms with Crippen LogP contribution in [0.15, 0.2) is 24.3 Å². The molecular formula is C15H22O3. The number of carbonyl (C=O) groups excluding carboxylic acids is 2.